The van der Waals surface area contributed by atoms with E-state index in [1.54, 1.807) is 12.1 Å². The fraction of sp³-hybridized carbons (Fsp3) is 0.250. The molecule has 0 radical (unpaired) electrons. The van der Waals surface area contributed by atoms with Crippen molar-refractivity contribution < 1.29 is 17.9 Å². The Bertz CT molecular complexity index is 650. The minimum Gasteiger partial charge on any atom is -0.497 e. The maximum absolute atomic E-state index is 12.9. The Morgan fingerprint density at radius 1 is 1.33 bits per heavy atom. The summed E-state index contributed by atoms with van der Waals surface area (Å²) in [6.07, 6.45) is -4.56. The number of hydrogen-bond acceptors (Lipinski definition) is 2. The highest BCUT2D eigenvalue weighted by Crippen LogP contribution is 2.38. The van der Waals surface area contributed by atoms with E-state index in [-0.39, 0.29) is 10.9 Å². The van der Waals surface area contributed by atoms with Crippen LogP contribution in [0.25, 0.3) is 10.9 Å². The van der Waals surface area contributed by atoms with E-state index in [0.29, 0.717) is 11.3 Å². The van der Waals surface area contributed by atoms with E-state index in [9.17, 15) is 13.2 Å². The quantitative estimate of drug-likeness (QED) is 0.784. The number of alkyl halides is 3. The average Bonchev–Trinajstić information content (AvgIpc) is 2.61. The molecule has 94 valence electrons. The van der Waals surface area contributed by atoms with E-state index >= 15 is 0 Å². The molecule has 1 heterocycles. The number of aryl methyl sites for hydroxylation is 1. The standard InChI is InChI=1S/C12H9F3N2O/c1-17-10-4-3-7(18-2)5-8(10)9(6-16)11(17)12(13,14)15/h3-5H,1-2H3. The van der Waals surface area contributed by atoms with Crippen LogP contribution in [0.5, 0.6) is 5.75 Å². The third-order valence-electron chi connectivity index (χ3n) is 2.79. The minimum atomic E-state index is -4.56. The molecule has 0 spiro atoms. The molecule has 0 N–H and O–H groups in total. The van der Waals surface area contributed by atoms with Crippen molar-refractivity contribution in [1.29, 1.82) is 5.26 Å². The van der Waals surface area contributed by atoms with Crippen LogP contribution in [0.15, 0.2) is 18.2 Å². The summed E-state index contributed by atoms with van der Waals surface area (Å²) in [6.45, 7) is 0. The van der Waals surface area contributed by atoms with Gasteiger partial charge in [-0.1, -0.05) is 0 Å². The molecule has 3 nitrogen and oxygen atoms in total. The Kier molecular flexibility index (Phi) is 2.70. The number of fused-ring (bicyclic) bond motifs is 1. The first-order valence-electron chi connectivity index (χ1n) is 5.04. The molecule has 18 heavy (non-hydrogen) atoms. The number of aromatic nitrogens is 1. The van der Waals surface area contributed by atoms with Crippen molar-refractivity contribution in [2.75, 3.05) is 7.11 Å². The normalized spacial score (nSPS) is 11.6. The lowest BCUT2D eigenvalue weighted by Crippen LogP contribution is -2.12. The average molecular weight is 254 g/mol. The molecule has 0 saturated carbocycles. The second-order valence-electron chi connectivity index (χ2n) is 3.78. The lowest BCUT2D eigenvalue weighted by atomic mass is 10.1. The Hall–Kier alpha value is -2.16. The zero-order chi connectivity index (χ0) is 13.5. The maximum Gasteiger partial charge on any atom is 0.432 e. The number of hydrogen-bond donors (Lipinski definition) is 0. The number of rotatable bonds is 1. The molecule has 2 aromatic rings. The summed E-state index contributed by atoms with van der Waals surface area (Å²) in [7, 11) is 2.71. The first kappa shape index (κ1) is 12.3. The molecule has 0 unspecified atom stereocenters. The number of halogens is 3. The predicted octanol–water partition coefficient (Wildman–Crippen LogP) is 3.08. The SMILES string of the molecule is COc1ccc2c(c1)c(C#N)c(C(F)(F)F)n2C. The van der Waals surface area contributed by atoms with Crippen molar-refractivity contribution in [3.8, 4) is 11.8 Å². The Balaban J connectivity index is 2.89. The molecule has 2 rings (SSSR count). The number of ether oxygens (including phenoxy) is 1. The van der Waals surface area contributed by atoms with Gasteiger partial charge in [-0.15, -0.1) is 0 Å². The summed E-state index contributed by atoms with van der Waals surface area (Å²) in [5.74, 6) is 0.415. The first-order chi connectivity index (χ1) is 8.40. The summed E-state index contributed by atoms with van der Waals surface area (Å²) >= 11 is 0. The molecule has 0 saturated heterocycles. The maximum atomic E-state index is 12.9. The molecule has 0 aliphatic rings. The minimum absolute atomic E-state index is 0.242. The third-order valence-corrected chi connectivity index (χ3v) is 2.79. The molecule has 0 fully saturated rings. The van der Waals surface area contributed by atoms with Crippen LogP contribution < -0.4 is 4.74 Å². The largest absolute Gasteiger partial charge is 0.497 e. The highest BCUT2D eigenvalue weighted by atomic mass is 19.4. The molecular formula is C12H9F3N2O. The Morgan fingerprint density at radius 3 is 2.50 bits per heavy atom. The predicted molar refractivity (Wildman–Crippen MR) is 59.2 cm³/mol. The second kappa shape index (κ2) is 3.95. The molecular weight excluding hydrogens is 245 g/mol. The number of nitrogens with zero attached hydrogens (tertiary/aromatic N) is 2. The van der Waals surface area contributed by atoms with Crippen LogP contribution in [0.1, 0.15) is 11.3 Å². The van der Waals surface area contributed by atoms with E-state index in [1.165, 1.54) is 26.3 Å². The fourth-order valence-electron chi connectivity index (χ4n) is 2.00. The van der Waals surface area contributed by atoms with Gasteiger partial charge >= 0.3 is 6.18 Å². The summed E-state index contributed by atoms with van der Waals surface area (Å²) in [6, 6.07) is 6.12. The third kappa shape index (κ3) is 1.68. The molecule has 1 aromatic carbocycles. The summed E-state index contributed by atoms with van der Waals surface area (Å²) < 4.78 is 44.7. The highest BCUT2D eigenvalue weighted by Gasteiger charge is 2.38. The number of nitriles is 1. The van der Waals surface area contributed by atoms with Gasteiger partial charge in [-0.05, 0) is 18.2 Å². The molecule has 1 aromatic heterocycles. The topological polar surface area (TPSA) is 37.9 Å². The van der Waals surface area contributed by atoms with Crippen LogP contribution >= 0.6 is 0 Å². The highest BCUT2D eigenvalue weighted by molar-refractivity contribution is 5.89. The van der Waals surface area contributed by atoms with Gasteiger partial charge in [-0.25, -0.2) is 0 Å². The van der Waals surface area contributed by atoms with Gasteiger partial charge in [0.15, 0.2) is 0 Å². The van der Waals surface area contributed by atoms with E-state index in [4.69, 9.17) is 10.00 Å². The number of benzene rings is 1. The Morgan fingerprint density at radius 2 is 2.00 bits per heavy atom. The van der Waals surface area contributed by atoms with Gasteiger partial charge < -0.3 is 9.30 Å². The van der Waals surface area contributed by atoms with Crippen molar-refractivity contribution in [3.63, 3.8) is 0 Å². The van der Waals surface area contributed by atoms with Gasteiger partial charge in [0.1, 0.15) is 17.5 Å². The molecule has 0 aliphatic heterocycles. The van der Waals surface area contributed by atoms with Gasteiger partial charge in [-0.3, -0.25) is 0 Å². The van der Waals surface area contributed by atoms with Gasteiger partial charge in [-0.2, -0.15) is 18.4 Å². The molecule has 0 aliphatic carbocycles. The Labute approximate surface area is 101 Å². The van der Waals surface area contributed by atoms with Gasteiger partial charge in [0.25, 0.3) is 0 Å². The van der Waals surface area contributed by atoms with Crippen LogP contribution in [0.3, 0.4) is 0 Å². The van der Waals surface area contributed by atoms with Gasteiger partial charge in [0.05, 0.1) is 12.7 Å². The van der Waals surface area contributed by atoms with E-state index < -0.39 is 11.9 Å². The summed E-state index contributed by atoms with van der Waals surface area (Å²) in [5.41, 5.74) is -0.966. The van der Waals surface area contributed by atoms with E-state index in [1.807, 2.05) is 0 Å². The van der Waals surface area contributed by atoms with Gasteiger partial charge in [0.2, 0.25) is 0 Å². The van der Waals surface area contributed by atoms with Crippen molar-refractivity contribution in [2.45, 2.75) is 6.18 Å². The second-order valence-corrected chi connectivity index (χ2v) is 3.78. The lowest BCUT2D eigenvalue weighted by Gasteiger charge is -2.08. The molecule has 0 amide bonds. The van der Waals surface area contributed by atoms with Gasteiger partial charge in [0, 0.05) is 18.0 Å². The zero-order valence-corrected chi connectivity index (χ0v) is 9.67. The van der Waals surface area contributed by atoms with Crippen LogP contribution in [0, 0.1) is 11.3 Å². The summed E-state index contributed by atoms with van der Waals surface area (Å²) in [4.78, 5) is 0. The van der Waals surface area contributed by atoms with E-state index in [0.717, 1.165) is 4.57 Å². The number of methoxy groups -OCH3 is 1. The fourth-order valence-corrected chi connectivity index (χ4v) is 2.00. The van der Waals surface area contributed by atoms with Crippen molar-refractivity contribution >= 4 is 10.9 Å². The first-order valence-corrected chi connectivity index (χ1v) is 5.04. The van der Waals surface area contributed by atoms with Crippen molar-refractivity contribution in [1.82, 2.24) is 4.57 Å². The van der Waals surface area contributed by atoms with Crippen LogP contribution in [0.2, 0.25) is 0 Å². The zero-order valence-electron chi connectivity index (χ0n) is 9.67. The van der Waals surface area contributed by atoms with Crippen LogP contribution in [-0.4, -0.2) is 11.7 Å². The molecule has 0 bridgehead atoms. The molecule has 6 heteroatoms. The smallest absolute Gasteiger partial charge is 0.432 e. The van der Waals surface area contributed by atoms with Crippen molar-refractivity contribution in [3.05, 3.63) is 29.5 Å². The van der Waals surface area contributed by atoms with E-state index in [2.05, 4.69) is 0 Å². The summed E-state index contributed by atoms with van der Waals surface area (Å²) in [5, 5.41) is 9.19. The van der Waals surface area contributed by atoms with Crippen LogP contribution in [-0.2, 0) is 13.2 Å². The van der Waals surface area contributed by atoms with Crippen molar-refractivity contribution in [2.24, 2.45) is 7.05 Å². The van der Waals surface area contributed by atoms with Crippen LogP contribution in [0.4, 0.5) is 13.2 Å². The molecule has 0 atom stereocenters. The lowest BCUT2D eigenvalue weighted by molar-refractivity contribution is -0.143. The monoisotopic (exact) mass is 254 g/mol.